The average molecular weight is 268 g/mol. The van der Waals surface area contributed by atoms with E-state index in [0.29, 0.717) is 13.2 Å². The fourth-order valence-electron chi connectivity index (χ4n) is 1.47. The highest BCUT2D eigenvalue weighted by molar-refractivity contribution is 5.94. The van der Waals surface area contributed by atoms with Gasteiger partial charge in [-0.1, -0.05) is 0 Å². The summed E-state index contributed by atoms with van der Waals surface area (Å²) in [4.78, 5) is 27.8. The predicted octanol–water partition coefficient (Wildman–Crippen LogP) is -0.139. The van der Waals surface area contributed by atoms with Gasteiger partial charge >= 0.3 is 5.97 Å². The molecule has 0 aromatic carbocycles. The number of amides is 1. The molecule has 0 radical (unpaired) electrons. The largest absolute Gasteiger partial charge is 0.477 e. The third kappa shape index (κ3) is 4.31. The van der Waals surface area contributed by atoms with Crippen LogP contribution in [0.15, 0.2) is 18.3 Å². The zero-order chi connectivity index (χ0) is 14.3. The number of hydrogen-bond acceptors (Lipinski definition) is 5. The molecule has 0 spiro atoms. The second kappa shape index (κ2) is 7.45. The molecule has 2 N–H and O–H groups in total. The van der Waals surface area contributed by atoms with Crippen molar-refractivity contribution in [3.8, 4) is 0 Å². The topological polar surface area (TPSA) is 100.0 Å². The molecule has 0 unspecified atom stereocenters. The number of carbonyl (C=O) groups excluding carboxylic acids is 1. The molecule has 0 fully saturated rings. The van der Waals surface area contributed by atoms with Gasteiger partial charge in [-0.05, 0) is 12.1 Å². The Morgan fingerprint density at radius 3 is 2.58 bits per heavy atom. The van der Waals surface area contributed by atoms with Gasteiger partial charge in [0.25, 0.3) is 5.91 Å². The number of aromatic carboxylic acids is 1. The Morgan fingerprint density at radius 2 is 2.11 bits per heavy atom. The molecule has 104 valence electrons. The van der Waals surface area contributed by atoms with Crippen LogP contribution in [-0.4, -0.2) is 65.4 Å². The SMILES string of the molecule is COCCN(CCO)C(=O)c1ccc(C(=O)O)nc1. The first-order chi connectivity index (χ1) is 9.10. The van der Waals surface area contributed by atoms with Crippen molar-refractivity contribution in [1.29, 1.82) is 0 Å². The Morgan fingerprint density at radius 1 is 1.37 bits per heavy atom. The van der Waals surface area contributed by atoms with Crippen molar-refractivity contribution < 1.29 is 24.5 Å². The number of pyridine rings is 1. The number of aliphatic hydroxyl groups is 1. The van der Waals surface area contributed by atoms with Gasteiger partial charge in [-0.3, -0.25) is 4.79 Å². The zero-order valence-corrected chi connectivity index (χ0v) is 10.6. The highest BCUT2D eigenvalue weighted by Gasteiger charge is 2.16. The third-order valence-electron chi connectivity index (χ3n) is 2.45. The van der Waals surface area contributed by atoms with Crippen LogP contribution in [0.5, 0.6) is 0 Å². The Hall–Kier alpha value is -1.99. The lowest BCUT2D eigenvalue weighted by atomic mass is 10.2. The predicted molar refractivity (Wildman–Crippen MR) is 66.1 cm³/mol. The van der Waals surface area contributed by atoms with Gasteiger partial charge < -0.3 is 19.8 Å². The summed E-state index contributed by atoms with van der Waals surface area (Å²) in [6, 6.07) is 2.67. The number of ether oxygens (including phenoxy) is 1. The van der Waals surface area contributed by atoms with Gasteiger partial charge in [0.15, 0.2) is 0 Å². The fourth-order valence-corrected chi connectivity index (χ4v) is 1.47. The van der Waals surface area contributed by atoms with Crippen molar-refractivity contribution in [2.24, 2.45) is 0 Å². The van der Waals surface area contributed by atoms with E-state index in [9.17, 15) is 9.59 Å². The summed E-state index contributed by atoms with van der Waals surface area (Å²) in [7, 11) is 1.52. The molecule has 1 rings (SSSR count). The number of aromatic nitrogens is 1. The maximum atomic E-state index is 12.1. The average Bonchev–Trinajstić information content (AvgIpc) is 2.42. The summed E-state index contributed by atoms with van der Waals surface area (Å²) in [5, 5.41) is 17.6. The molecule has 0 aliphatic carbocycles. The van der Waals surface area contributed by atoms with E-state index in [1.807, 2.05) is 0 Å². The van der Waals surface area contributed by atoms with Crippen molar-refractivity contribution in [1.82, 2.24) is 9.88 Å². The summed E-state index contributed by atoms with van der Waals surface area (Å²) < 4.78 is 4.89. The first-order valence-corrected chi connectivity index (χ1v) is 5.68. The summed E-state index contributed by atoms with van der Waals surface area (Å²) in [6.45, 7) is 0.724. The molecular formula is C12H16N2O5. The van der Waals surface area contributed by atoms with Crippen LogP contribution < -0.4 is 0 Å². The Balaban J connectivity index is 2.80. The van der Waals surface area contributed by atoms with Crippen molar-refractivity contribution in [3.63, 3.8) is 0 Å². The van der Waals surface area contributed by atoms with Crippen molar-refractivity contribution in [2.45, 2.75) is 0 Å². The van der Waals surface area contributed by atoms with Crippen molar-refractivity contribution in [2.75, 3.05) is 33.4 Å². The molecule has 1 aromatic rings. The molecule has 0 aliphatic rings. The molecule has 7 heteroatoms. The summed E-state index contributed by atoms with van der Waals surface area (Å²) in [5.41, 5.74) is 0.150. The minimum atomic E-state index is -1.15. The standard InChI is InChI=1S/C12H16N2O5/c1-19-7-5-14(4-6-15)11(16)9-2-3-10(12(17)18)13-8-9/h2-3,8,15H,4-7H2,1H3,(H,17,18). The van der Waals surface area contributed by atoms with E-state index < -0.39 is 5.97 Å². The van der Waals surface area contributed by atoms with E-state index in [2.05, 4.69) is 4.98 Å². The summed E-state index contributed by atoms with van der Waals surface area (Å²) in [6.07, 6.45) is 1.21. The highest BCUT2D eigenvalue weighted by atomic mass is 16.5. The lowest BCUT2D eigenvalue weighted by Crippen LogP contribution is -2.36. The lowest BCUT2D eigenvalue weighted by molar-refractivity contribution is 0.0651. The second-order valence-electron chi connectivity index (χ2n) is 3.75. The number of methoxy groups -OCH3 is 1. The minimum absolute atomic E-state index is 0.123. The molecular weight excluding hydrogens is 252 g/mol. The van der Waals surface area contributed by atoms with Gasteiger partial charge in [-0.2, -0.15) is 0 Å². The number of aliphatic hydroxyl groups excluding tert-OH is 1. The fraction of sp³-hybridized carbons (Fsp3) is 0.417. The first kappa shape index (κ1) is 15.1. The summed E-state index contributed by atoms with van der Waals surface area (Å²) in [5.74, 6) is -1.47. The van der Waals surface area contributed by atoms with Gasteiger partial charge in [0.1, 0.15) is 5.69 Å². The quantitative estimate of drug-likeness (QED) is 0.714. The zero-order valence-electron chi connectivity index (χ0n) is 10.6. The molecule has 0 aliphatic heterocycles. The van der Waals surface area contributed by atoms with E-state index in [0.717, 1.165) is 0 Å². The maximum absolute atomic E-state index is 12.1. The first-order valence-electron chi connectivity index (χ1n) is 5.68. The van der Waals surface area contributed by atoms with Crippen LogP contribution in [0.3, 0.4) is 0 Å². The second-order valence-corrected chi connectivity index (χ2v) is 3.75. The number of rotatable bonds is 7. The van der Waals surface area contributed by atoms with Crippen LogP contribution in [0.2, 0.25) is 0 Å². The minimum Gasteiger partial charge on any atom is -0.477 e. The normalized spacial score (nSPS) is 10.2. The van der Waals surface area contributed by atoms with Crippen molar-refractivity contribution >= 4 is 11.9 Å². The number of carbonyl (C=O) groups is 2. The number of hydrogen-bond donors (Lipinski definition) is 2. The monoisotopic (exact) mass is 268 g/mol. The smallest absolute Gasteiger partial charge is 0.354 e. The van der Waals surface area contributed by atoms with Gasteiger partial charge in [-0.25, -0.2) is 9.78 Å². The van der Waals surface area contributed by atoms with Crippen LogP contribution in [0.4, 0.5) is 0 Å². The molecule has 7 nitrogen and oxygen atoms in total. The number of carboxylic acid groups (broad SMARTS) is 1. The van der Waals surface area contributed by atoms with E-state index in [1.54, 1.807) is 0 Å². The third-order valence-corrected chi connectivity index (χ3v) is 2.45. The molecule has 0 saturated heterocycles. The maximum Gasteiger partial charge on any atom is 0.354 e. The van der Waals surface area contributed by atoms with Crippen LogP contribution >= 0.6 is 0 Å². The highest BCUT2D eigenvalue weighted by Crippen LogP contribution is 2.05. The van der Waals surface area contributed by atoms with Gasteiger partial charge in [-0.15, -0.1) is 0 Å². The Labute approximate surface area is 110 Å². The Bertz CT molecular complexity index is 432. The van der Waals surface area contributed by atoms with E-state index in [4.69, 9.17) is 14.9 Å². The van der Waals surface area contributed by atoms with Crippen LogP contribution in [0, 0.1) is 0 Å². The van der Waals surface area contributed by atoms with Gasteiger partial charge in [0.2, 0.25) is 0 Å². The molecule has 1 heterocycles. The van der Waals surface area contributed by atoms with Crippen molar-refractivity contribution in [3.05, 3.63) is 29.6 Å². The molecule has 1 aromatic heterocycles. The molecule has 19 heavy (non-hydrogen) atoms. The van der Waals surface area contributed by atoms with Crippen LogP contribution in [-0.2, 0) is 4.74 Å². The molecule has 0 atom stereocenters. The van der Waals surface area contributed by atoms with E-state index >= 15 is 0 Å². The van der Waals surface area contributed by atoms with E-state index in [-0.39, 0.29) is 30.3 Å². The molecule has 1 amide bonds. The van der Waals surface area contributed by atoms with E-state index in [1.165, 1.54) is 30.3 Å². The molecule has 0 saturated carbocycles. The lowest BCUT2D eigenvalue weighted by Gasteiger charge is -2.21. The van der Waals surface area contributed by atoms with Gasteiger partial charge in [0, 0.05) is 26.4 Å². The summed E-state index contributed by atoms with van der Waals surface area (Å²) >= 11 is 0. The van der Waals surface area contributed by atoms with Gasteiger partial charge in [0.05, 0.1) is 18.8 Å². The number of carboxylic acids is 1. The Kier molecular flexibility index (Phi) is 5.91. The van der Waals surface area contributed by atoms with Crippen LogP contribution in [0.1, 0.15) is 20.8 Å². The number of nitrogens with zero attached hydrogens (tertiary/aromatic N) is 2. The molecule has 0 bridgehead atoms. The van der Waals surface area contributed by atoms with Crippen LogP contribution in [0.25, 0.3) is 0 Å².